The van der Waals surface area contributed by atoms with E-state index in [-0.39, 0.29) is 12.5 Å². The van der Waals surface area contributed by atoms with Crippen molar-refractivity contribution in [2.45, 2.75) is 0 Å². The molecular formula is C18H16BrClN2O5. The third kappa shape index (κ3) is 5.97. The summed E-state index contributed by atoms with van der Waals surface area (Å²) in [6.45, 7) is -0.246. The summed E-state index contributed by atoms with van der Waals surface area (Å²) in [4.78, 5) is 23.2. The van der Waals surface area contributed by atoms with Gasteiger partial charge in [-0.15, -0.1) is 0 Å². The number of hydrogen-bond acceptors (Lipinski definition) is 6. The lowest BCUT2D eigenvalue weighted by Crippen LogP contribution is -2.17. The molecule has 0 radical (unpaired) electrons. The Kier molecular flexibility index (Phi) is 7.63. The Bertz CT molecular complexity index is 856. The van der Waals surface area contributed by atoms with E-state index in [9.17, 15) is 9.59 Å². The van der Waals surface area contributed by atoms with Crippen LogP contribution in [0.5, 0.6) is 11.5 Å². The van der Waals surface area contributed by atoms with E-state index in [1.165, 1.54) is 20.4 Å². The number of nitrogens with zero attached hydrogens (tertiary/aromatic N) is 1. The number of nitrogens with one attached hydrogen (secondary N) is 1. The molecule has 0 saturated heterocycles. The largest absolute Gasteiger partial charge is 0.493 e. The van der Waals surface area contributed by atoms with Crippen molar-refractivity contribution in [3.63, 3.8) is 0 Å². The second-order valence-corrected chi connectivity index (χ2v) is 6.39. The van der Waals surface area contributed by atoms with Crippen molar-refractivity contribution in [2.75, 3.05) is 20.8 Å². The fourth-order valence-electron chi connectivity index (χ4n) is 1.94. The average Bonchev–Trinajstić information content (AvgIpc) is 2.67. The summed E-state index contributed by atoms with van der Waals surface area (Å²) >= 11 is 9.18. The first-order valence-electron chi connectivity index (χ1n) is 7.60. The fourth-order valence-corrected chi connectivity index (χ4v) is 2.49. The van der Waals surface area contributed by atoms with Crippen molar-refractivity contribution < 1.29 is 23.8 Å². The van der Waals surface area contributed by atoms with Gasteiger partial charge in [0.1, 0.15) is 0 Å². The molecule has 2 rings (SSSR count). The molecule has 0 heterocycles. The third-order valence-corrected chi connectivity index (χ3v) is 4.27. The number of benzene rings is 2. The van der Waals surface area contributed by atoms with Crippen LogP contribution in [0.2, 0.25) is 5.02 Å². The predicted molar refractivity (Wildman–Crippen MR) is 105 cm³/mol. The number of hydrogen-bond donors (Lipinski definition) is 1. The molecule has 0 saturated carbocycles. The Morgan fingerprint density at radius 3 is 2.52 bits per heavy atom. The molecule has 0 aromatic heterocycles. The summed E-state index contributed by atoms with van der Waals surface area (Å²) < 4.78 is 15.8. The molecule has 0 unspecified atom stereocenters. The Balaban J connectivity index is 2.09. The molecule has 0 spiro atoms. The number of halogens is 2. The Hall–Kier alpha value is -2.58. The molecule has 0 aliphatic heterocycles. The van der Waals surface area contributed by atoms with Gasteiger partial charge in [-0.3, -0.25) is 4.79 Å². The quantitative estimate of drug-likeness (QED) is 0.393. The molecule has 1 amide bonds. The summed E-state index contributed by atoms with van der Waals surface area (Å²) in [5.41, 5.74) is 3.49. The van der Waals surface area contributed by atoms with Crippen molar-refractivity contribution in [2.24, 2.45) is 5.10 Å². The number of methoxy groups -OCH3 is 2. The molecule has 2 aromatic carbocycles. The summed E-state index contributed by atoms with van der Waals surface area (Å²) in [6.07, 6.45) is 1.45. The number of esters is 1. The number of carbonyl (C=O) groups is 2. The number of rotatable bonds is 7. The molecule has 9 heteroatoms. The van der Waals surface area contributed by atoms with E-state index in [2.05, 4.69) is 31.2 Å². The molecule has 0 fully saturated rings. The number of amides is 1. The van der Waals surface area contributed by atoms with Crippen LogP contribution in [0, 0.1) is 0 Å². The minimum absolute atomic E-state index is 0.246. The Labute approximate surface area is 169 Å². The summed E-state index contributed by atoms with van der Waals surface area (Å²) in [5.74, 6) is -0.127. The van der Waals surface area contributed by atoms with E-state index in [1.54, 1.807) is 36.4 Å². The molecule has 27 heavy (non-hydrogen) atoms. The molecule has 0 aliphatic carbocycles. The average molecular weight is 456 g/mol. The standard InChI is InChI=1S/C18H16BrClN2O5/c1-25-15-7-12(14(19)8-16(15)27-10-17(23)26-2)9-21-22-18(24)11-3-5-13(20)6-4-11/h3-9H,10H2,1-2H3,(H,22,24)/b21-9-. The highest BCUT2D eigenvalue weighted by atomic mass is 79.9. The Morgan fingerprint density at radius 2 is 1.89 bits per heavy atom. The zero-order chi connectivity index (χ0) is 19.8. The summed E-state index contributed by atoms with van der Waals surface area (Å²) in [6, 6.07) is 9.71. The molecule has 7 nitrogen and oxygen atoms in total. The molecule has 0 bridgehead atoms. The van der Waals surface area contributed by atoms with Gasteiger partial charge in [-0.2, -0.15) is 5.10 Å². The van der Waals surface area contributed by atoms with E-state index < -0.39 is 5.97 Å². The van der Waals surface area contributed by atoms with Crippen LogP contribution in [-0.2, 0) is 9.53 Å². The first-order chi connectivity index (χ1) is 12.9. The molecule has 0 atom stereocenters. The molecule has 0 aliphatic rings. The van der Waals surface area contributed by atoms with Gasteiger partial charge in [0.2, 0.25) is 0 Å². The van der Waals surface area contributed by atoms with Gasteiger partial charge in [0.05, 0.1) is 20.4 Å². The zero-order valence-corrected chi connectivity index (χ0v) is 16.8. The highest BCUT2D eigenvalue weighted by molar-refractivity contribution is 9.10. The number of hydrazone groups is 1. The van der Waals surface area contributed by atoms with E-state index >= 15 is 0 Å². The monoisotopic (exact) mass is 454 g/mol. The molecular weight excluding hydrogens is 440 g/mol. The van der Waals surface area contributed by atoms with Crippen LogP contribution >= 0.6 is 27.5 Å². The summed E-state index contributed by atoms with van der Waals surface area (Å²) in [7, 11) is 2.74. The van der Waals surface area contributed by atoms with Crippen LogP contribution in [0.25, 0.3) is 0 Å². The second-order valence-electron chi connectivity index (χ2n) is 5.10. The smallest absolute Gasteiger partial charge is 0.343 e. The zero-order valence-electron chi connectivity index (χ0n) is 14.5. The highest BCUT2D eigenvalue weighted by Gasteiger charge is 2.12. The maximum atomic E-state index is 12.0. The van der Waals surface area contributed by atoms with Gasteiger partial charge in [-0.05, 0) is 52.3 Å². The Morgan fingerprint density at radius 1 is 1.19 bits per heavy atom. The molecule has 1 N–H and O–H groups in total. The second kappa shape index (κ2) is 9.94. The third-order valence-electron chi connectivity index (χ3n) is 3.33. The number of carbonyl (C=O) groups excluding carboxylic acids is 2. The van der Waals surface area contributed by atoms with Crippen LogP contribution in [0.1, 0.15) is 15.9 Å². The van der Waals surface area contributed by atoms with Crippen molar-refractivity contribution in [3.05, 3.63) is 57.0 Å². The van der Waals surface area contributed by atoms with Crippen molar-refractivity contribution in [1.29, 1.82) is 0 Å². The van der Waals surface area contributed by atoms with Gasteiger partial charge >= 0.3 is 5.97 Å². The van der Waals surface area contributed by atoms with Crippen LogP contribution in [0.4, 0.5) is 0 Å². The fraction of sp³-hybridized carbons (Fsp3) is 0.167. The lowest BCUT2D eigenvalue weighted by Gasteiger charge is -2.11. The molecule has 2 aromatic rings. The van der Waals surface area contributed by atoms with Gasteiger partial charge in [0.15, 0.2) is 18.1 Å². The van der Waals surface area contributed by atoms with Crippen LogP contribution in [0.3, 0.4) is 0 Å². The van der Waals surface area contributed by atoms with Gasteiger partial charge in [-0.25, -0.2) is 10.2 Å². The van der Waals surface area contributed by atoms with Crippen molar-refractivity contribution >= 4 is 45.6 Å². The highest BCUT2D eigenvalue weighted by Crippen LogP contribution is 2.32. The van der Waals surface area contributed by atoms with Crippen LogP contribution < -0.4 is 14.9 Å². The predicted octanol–water partition coefficient (Wildman–Crippen LogP) is 3.43. The van der Waals surface area contributed by atoms with Crippen LogP contribution in [-0.4, -0.2) is 38.9 Å². The topological polar surface area (TPSA) is 86.2 Å². The summed E-state index contributed by atoms with van der Waals surface area (Å²) in [5, 5.41) is 4.48. The van der Waals surface area contributed by atoms with E-state index in [0.29, 0.717) is 32.1 Å². The molecule has 142 valence electrons. The lowest BCUT2D eigenvalue weighted by atomic mass is 10.2. The van der Waals surface area contributed by atoms with Crippen LogP contribution in [0.15, 0.2) is 46.0 Å². The minimum atomic E-state index is -0.510. The number of ether oxygens (including phenoxy) is 3. The van der Waals surface area contributed by atoms with Gasteiger partial charge in [0, 0.05) is 20.6 Å². The van der Waals surface area contributed by atoms with E-state index in [4.69, 9.17) is 21.1 Å². The normalized spacial score (nSPS) is 10.5. The maximum absolute atomic E-state index is 12.0. The lowest BCUT2D eigenvalue weighted by molar-refractivity contribution is -0.142. The van der Waals surface area contributed by atoms with Gasteiger partial charge in [-0.1, -0.05) is 11.6 Å². The first-order valence-corrected chi connectivity index (χ1v) is 8.77. The van der Waals surface area contributed by atoms with Crippen molar-refractivity contribution in [1.82, 2.24) is 5.43 Å². The SMILES string of the molecule is COC(=O)COc1cc(Br)c(/C=N\NC(=O)c2ccc(Cl)cc2)cc1OC. The van der Waals surface area contributed by atoms with E-state index in [1.807, 2.05) is 0 Å². The first kappa shape index (κ1) is 20.7. The van der Waals surface area contributed by atoms with Crippen molar-refractivity contribution in [3.8, 4) is 11.5 Å². The van der Waals surface area contributed by atoms with Gasteiger partial charge < -0.3 is 14.2 Å². The minimum Gasteiger partial charge on any atom is -0.493 e. The van der Waals surface area contributed by atoms with Gasteiger partial charge in [0.25, 0.3) is 5.91 Å². The maximum Gasteiger partial charge on any atom is 0.343 e. The van der Waals surface area contributed by atoms with E-state index in [0.717, 1.165) is 0 Å².